The molecule has 0 saturated carbocycles. The largest absolute Gasteiger partial charge is 0.460 e. The highest BCUT2D eigenvalue weighted by molar-refractivity contribution is 5.86. The average molecular weight is 285 g/mol. The smallest absolute Gasteiger partial charge is 0.333 e. The van der Waals surface area contributed by atoms with E-state index in [-0.39, 0.29) is 12.1 Å². The lowest BCUT2D eigenvalue weighted by atomic mass is 9.83. The summed E-state index contributed by atoms with van der Waals surface area (Å²) < 4.78 is 4.98. The van der Waals surface area contributed by atoms with E-state index < -0.39 is 12.1 Å². The lowest BCUT2D eigenvalue weighted by molar-refractivity contribution is -0.142. The highest BCUT2D eigenvalue weighted by Crippen LogP contribution is 2.24. The van der Waals surface area contributed by atoms with Crippen LogP contribution in [-0.2, 0) is 9.53 Å². The first-order valence-electron chi connectivity index (χ1n) is 7.64. The van der Waals surface area contributed by atoms with Crippen LogP contribution in [0.25, 0.3) is 0 Å². The van der Waals surface area contributed by atoms with Crippen LogP contribution >= 0.6 is 0 Å². The van der Waals surface area contributed by atoms with Gasteiger partial charge in [0.15, 0.2) is 0 Å². The minimum atomic E-state index is -0.711. The molecule has 118 valence electrons. The van der Waals surface area contributed by atoms with E-state index in [1.54, 1.807) is 6.92 Å². The number of carbonyl (C=O) groups excluding carboxylic acids is 1. The number of aliphatic hydroxyl groups excluding tert-OH is 1. The lowest BCUT2D eigenvalue weighted by Crippen LogP contribution is -2.44. The van der Waals surface area contributed by atoms with Gasteiger partial charge in [-0.15, -0.1) is 0 Å². The van der Waals surface area contributed by atoms with Gasteiger partial charge in [-0.1, -0.05) is 46.1 Å². The lowest BCUT2D eigenvalue weighted by Gasteiger charge is -2.31. The molecular weight excluding hydrogens is 254 g/mol. The number of esters is 1. The number of hydrogen-bond donors (Lipinski definition) is 2. The van der Waals surface area contributed by atoms with Crippen molar-refractivity contribution in [3.05, 3.63) is 12.2 Å². The molecule has 0 aromatic rings. The van der Waals surface area contributed by atoms with Gasteiger partial charge >= 0.3 is 5.97 Å². The van der Waals surface area contributed by atoms with Crippen LogP contribution in [-0.4, -0.2) is 29.3 Å². The molecule has 0 amide bonds. The van der Waals surface area contributed by atoms with Gasteiger partial charge in [-0.25, -0.2) is 4.79 Å². The molecule has 0 aliphatic heterocycles. The van der Waals surface area contributed by atoms with Gasteiger partial charge in [-0.05, 0) is 26.2 Å². The highest BCUT2D eigenvalue weighted by Gasteiger charge is 2.27. The summed E-state index contributed by atoms with van der Waals surface area (Å²) in [6.45, 7) is 9.34. The van der Waals surface area contributed by atoms with Crippen LogP contribution in [0.2, 0.25) is 0 Å². The molecule has 0 fully saturated rings. The third-order valence-corrected chi connectivity index (χ3v) is 3.45. The third kappa shape index (κ3) is 8.33. The van der Waals surface area contributed by atoms with Gasteiger partial charge in [0, 0.05) is 11.1 Å². The number of carbonyl (C=O) groups is 1. The summed E-state index contributed by atoms with van der Waals surface area (Å²) in [5.74, 6) is -0.464. The molecule has 4 heteroatoms. The van der Waals surface area contributed by atoms with Crippen molar-refractivity contribution in [2.24, 2.45) is 5.73 Å². The minimum absolute atomic E-state index is 0.0110. The van der Waals surface area contributed by atoms with Gasteiger partial charge < -0.3 is 15.6 Å². The van der Waals surface area contributed by atoms with Gasteiger partial charge in [0.05, 0.1) is 6.10 Å². The fourth-order valence-electron chi connectivity index (χ4n) is 2.21. The zero-order valence-electron chi connectivity index (χ0n) is 13.3. The predicted molar refractivity (Wildman–Crippen MR) is 82.4 cm³/mol. The fourth-order valence-corrected chi connectivity index (χ4v) is 2.21. The van der Waals surface area contributed by atoms with Crippen molar-refractivity contribution in [1.82, 2.24) is 0 Å². The zero-order chi connectivity index (χ0) is 15.6. The quantitative estimate of drug-likeness (QED) is 0.452. The molecule has 0 spiro atoms. The second-order valence-electron chi connectivity index (χ2n) is 5.81. The van der Waals surface area contributed by atoms with E-state index in [1.165, 1.54) is 0 Å². The summed E-state index contributed by atoms with van der Waals surface area (Å²) in [6.07, 6.45) is 5.84. The van der Waals surface area contributed by atoms with Crippen molar-refractivity contribution < 1.29 is 14.6 Å². The summed E-state index contributed by atoms with van der Waals surface area (Å²) in [5.41, 5.74) is 6.40. The van der Waals surface area contributed by atoms with Crippen molar-refractivity contribution in [2.45, 2.75) is 77.4 Å². The van der Waals surface area contributed by atoms with E-state index in [0.717, 1.165) is 38.5 Å². The van der Waals surface area contributed by atoms with Crippen molar-refractivity contribution in [1.29, 1.82) is 0 Å². The Morgan fingerprint density at radius 2 is 1.80 bits per heavy atom. The van der Waals surface area contributed by atoms with Crippen LogP contribution in [0.15, 0.2) is 12.2 Å². The highest BCUT2D eigenvalue weighted by atomic mass is 16.5. The first kappa shape index (κ1) is 19.1. The summed E-state index contributed by atoms with van der Waals surface area (Å²) in [5, 5.41) is 10.0. The van der Waals surface area contributed by atoms with Gasteiger partial charge in [0.25, 0.3) is 0 Å². The Morgan fingerprint density at radius 1 is 1.30 bits per heavy atom. The van der Waals surface area contributed by atoms with Crippen molar-refractivity contribution in [2.75, 3.05) is 6.61 Å². The predicted octanol–water partition coefficient (Wildman–Crippen LogP) is 2.93. The Morgan fingerprint density at radius 3 is 2.20 bits per heavy atom. The summed E-state index contributed by atoms with van der Waals surface area (Å²) in [6, 6.07) is 0. The summed E-state index contributed by atoms with van der Waals surface area (Å²) in [7, 11) is 0. The van der Waals surface area contributed by atoms with Crippen LogP contribution in [0.1, 0.15) is 65.7 Å². The first-order chi connectivity index (χ1) is 9.34. The Kier molecular flexibility index (Phi) is 9.51. The Labute approximate surface area is 123 Å². The molecule has 0 aliphatic rings. The second-order valence-corrected chi connectivity index (χ2v) is 5.81. The summed E-state index contributed by atoms with van der Waals surface area (Å²) in [4.78, 5) is 11.3. The topological polar surface area (TPSA) is 72.5 Å². The van der Waals surface area contributed by atoms with E-state index in [9.17, 15) is 9.90 Å². The fraction of sp³-hybridized carbons (Fsp3) is 0.812. The second kappa shape index (κ2) is 9.94. The Balaban J connectivity index is 4.32. The van der Waals surface area contributed by atoms with Crippen LogP contribution in [0.3, 0.4) is 0 Å². The molecule has 0 heterocycles. The van der Waals surface area contributed by atoms with Gasteiger partial charge in [0.1, 0.15) is 6.61 Å². The van der Waals surface area contributed by atoms with Crippen LogP contribution < -0.4 is 5.73 Å². The molecule has 0 saturated heterocycles. The molecule has 0 bridgehead atoms. The normalized spacial score (nSPS) is 13.1. The SMILES string of the molecule is C=C(C)C(=O)OCC(O)CC(N)(CCCC)CCCC. The molecule has 1 unspecified atom stereocenters. The number of rotatable bonds is 11. The van der Waals surface area contributed by atoms with Gasteiger partial charge in [-0.3, -0.25) is 0 Å². The molecule has 20 heavy (non-hydrogen) atoms. The maximum Gasteiger partial charge on any atom is 0.333 e. The van der Waals surface area contributed by atoms with Crippen molar-refractivity contribution >= 4 is 5.97 Å². The van der Waals surface area contributed by atoms with E-state index >= 15 is 0 Å². The van der Waals surface area contributed by atoms with Crippen LogP contribution in [0, 0.1) is 0 Å². The molecule has 0 aliphatic carbocycles. The van der Waals surface area contributed by atoms with Gasteiger partial charge in [-0.2, -0.15) is 0 Å². The Bertz CT molecular complexity index is 294. The zero-order valence-corrected chi connectivity index (χ0v) is 13.3. The average Bonchev–Trinajstić information content (AvgIpc) is 2.40. The monoisotopic (exact) mass is 285 g/mol. The molecule has 0 aromatic heterocycles. The molecular formula is C16H31NO3. The standard InChI is InChI=1S/C16H31NO3/c1-5-7-9-16(17,10-8-6-2)11-14(18)12-20-15(19)13(3)4/h14,18H,3,5-12,17H2,1-2,4H3. The van der Waals surface area contributed by atoms with Crippen molar-refractivity contribution in [3.8, 4) is 0 Å². The molecule has 4 nitrogen and oxygen atoms in total. The number of hydrogen-bond acceptors (Lipinski definition) is 4. The molecule has 0 aromatic carbocycles. The molecule has 0 rings (SSSR count). The third-order valence-electron chi connectivity index (χ3n) is 3.45. The van der Waals surface area contributed by atoms with E-state index in [4.69, 9.17) is 10.5 Å². The first-order valence-corrected chi connectivity index (χ1v) is 7.64. The summed E-state index contributed by atoms with van der Waals surface area (Å²) >= 11 is 0. The number of ether oxygens (including phenoxy) is 1. The Hall–Kier alpha value is -0.870. The number of nitrogens with two attached hydrogens (primary N) is 1. The minimum Gasteiger partial charge on any atom is -0.460 e. The number of aliphatic hydroxyl groups is 1. The molecule has 1 atom stereocenters. The van der Waals surface area contributed by atoms with Crippen LogP contribution in [0.5, 0.6) is 0 Å². The van der Waals surface area contributed by atoms with Crippen LogP contribution in [0.4, 0.5) is 0 Å². The maximum absolute atomic E-state index is 11.3. The van der Waals surface area contributed by atoms with E-state index in [1.807, 2.05) is 0 Å². The van der Waals surface area contributed by atoms with E-state index in [0.29, 0.717) is 12.0 Å². The van der Waals surface area contributed by atoms with E-state index in [2.05, 4.69) is 20.4 Å². The molecule has 0 radical (unpaired) electrons. The van der Waals surface area contributed by atoms with Gasteiger partial charge in [0.2, 0.25) is 0 Å². The molecule has 3 N–H and O–H groups in total. The number of unbranched alkanes of at least 4 members (excludes halogenated alkanes) is 2. The maximum atomic E-state index is 11.3. The van der Waals surface area contributed by atoms with Crippen molar-refractivity contribution in [3.63, 3.8) is 0 Å².